The van der Waals surface area contributed by atoms with Gasteiger partial charge in [0.15, 0.2) is 0 Å². The molecule has 1 aromatic carbocycles. The van der Waals surface area contributed by atoms with Gasteiger partial charge >= 0.3 is 0 Å². The van der Waals surface area contributed by atoms with Crippen molar-refractivity contribution in [2.24, 2.45) is 0 Å². The summed E-state index contributed by atoms with van der Waals surface area (Å²) in [5, 5.41) is 9.97. The Labute approximate surface area is 163 Å². The Morgan fingerprint density at radius 1 is 1.30 bits per heavy atom. The fraction of sp³-hybridized carbons (Fsp3) is 0.500. The fourth-order valence-corrected chi connectivity index (χ4v) is 3.82. The third kappa shape index (κ3) is 4.77. The van der Waals surface area contributed by atoms with Crippen molar-refractivity contribution in [3.05, 3.63) is 49.0 Å². The third-order valence-electron chi connectivity index (χ3n) is 5.17. The SMILES string of the molecule is C=C=C.CN1CCC2(CC1)C(=O)N(CC(O)CP)CN2c1ccc(F)cc1. The van der Waals surface area contributed by atoms with E-state index >= 15 is 0 Å². The molecule has 1 spiro atoms. The Kier molecular flexibility index (Phi) is 7.58. The second kappa shape index (κ2) is 9.48. The van der Waals surface area contributed by atoms with Gasteiger partial charge in [-0.15, -0.1) is 15.0 Å². The number of anilines is 1. The van der Waals surface area contributed by atoms with Crippen molar-refractivity contribution >= 4 is 20.8 Å². The van der Waals surface area contributed by atoms with Crippen LogP contribution in [0, 0.1) is 5.82 Å². The van der Waals surface area contributed by atoms with Gasteiger partial charge in [-0.2, -0.15) is 0 Å². The van der Waals surface area contributed by atoms with E-state index in [0.717, 1.165) is 31.6 Å². The van der Waals surface area contributed by atoms with Crippen LogP contribution in [0.1, 0.15) is 12.8 Å². The van der Waals surface area contributed by atoms with Crippen molar-refractivity contribution in [3.8, 4) is 0 Å². The third-order valence-corrected chi connectivity index (χ3v) is 5.71. The van der Waals surface area contributed by atoms with E-state index in [1.54, 1.807) is 17.0 Å². The lowest BCUT2D eigenvalue weighted by molar-refractivity contribution is -0.134. The van der Waals surface area contributed by atoms with Crippen LogP contribution in [0.4, 0.5) is 10.1 Å². The number of amides is 1. The van der Waals surface area contributed by atoms with Gasteiger partial charge in [0.1, 0.15) is 11.4 Å². The zero-order valence-electron chi connectivity index (χ0n) is 15.9. The van der Waals surface area contributed by atoms with Crippen LogP contribution < -0.4 is 4.90 Å². The summed E-state index contributed by atoms with van der Waals surface area (Å²) in [6, 6.07) is 6.34. The molecular weight excluding hydrogens is 364 g/mol. The molecule has 2 fully saturated rings. The second-order valence-corrected chi connectivity index (χ2v) is 7.52. The van der Waals surface area contributed by atoms with Crippen LogP contribution in [-0.4, -0.2) is 72.0 Å². The van der Waals surface area contributed by atoms with Gasteiger partial charge < -0.3 is 19.8 Å². The number of hydrogen-bond acceptors (Lipinski definition) is 4. The number of carbonyl (C=O) groups excluding carboxylic acids is 1. The molecule has 1 aromatic rings. The summed E-state index contributed by atoms with van der Waals surface area (Å²) in [7, 11) is 4.57. The largest absolute Gasteiger partial charge is 0.391 e. The first-order valence-corrected chi connectivity index (χ1v) is 9.88. The minimum absolute atomic E-state index is 0.0809. The molecule has 2 aliphatic heterocycles. The second-order valence-electron chi connectivity index (χ2n) is 7.05. The normalized spacial score (nSPS) is 20.2. The molecule has 2 unspecified atom stereocenters. The first kappa shape index (κ1) is 21.6. The number of aliphatic hydroxyl groups is 1. The maximum atomic E-state index is 13.3. The van der Waals surface area contributed by atoms with E-state index in [4.69, 9.17) is 0 Å². The lowest BCUT2D eigenvalue weighted by Crippen LogP contribution is -2.56. The predicted molar refractivity (Wildman–Crippen MR) is 110 cm³/mol. The highest BCUT2D eigenvalue weighted by molar-refractivity contribution is 7.16. The molecule has 0 radical (unpaired) electrons. The maximum Gasteiger partial charge on any atom is 0.250 e. The van der Waals surface area contributed by atoms with Crippen molar-refractivity contribution in [3.63, 3.8) is 0 Å². The molecule has 2 atom stereocenters. The summed E-state index contributed by atoms with van der Waals surface area (Å²) < 4.78 is 13.3. The van der Waals surface area contributed by atoms with Crippen LogP contribution in [0.3, 0.4) is 0 Å². The summed E-state index contributed by atoms with van der Waals surface area (Å²) in [6.45, 7) is 8.72. The molecule has 5 nitrogen and oxygen atoms in total. The number of rotatable bonds is 4. The minimum atomic E-state index is -0.578. The van der Waals surface area contributed by atoms with Gasteiger partial charge in [-0.1, -0.05) is 13.2 Å². The number of piperidine rings is 1. The highest BCUT2D eigenvalue weighted by Crippen LogP contribution is 2.39. The Balaban J connectivity index is 0.000000817. The molecule has 148 valence electrons. The van der Waals surface area contributed by atoms with Crippen molar-refractivity contribution in [2.45, 2.75) is 24.5 Å². The van der Waals surface area contributed by atoms with Crippen LogP contribution in [0.2, 0.25) is 0 Å². The number of halogens is 1. The van der Waals surface area contributed by atoms with E-state index in [-0.39, 0.29) is 11.7 Å². The molecule has 2 aliphatic rings. The molecule has 1 amide bonds. The lowest BCUT2D eigenvalue weighted by Gasteiger charge is -2.42. The smallest absolute Gasteiger partial charge is 0.250 e. The van der Waals surface area contributed by atoms with Crippen LogP contribution in [0.15, 0.2) is 43.2 Å². The van der Waals surface area contributed by atoms with E-state index in [1.165, 1.54) is 12.1 Å². The summed E-state index contributed by atoms with van der Waals surface area (Å²) in [5.74, 6) is -0.200. The van der Waals surface area contributed by atoms with Crippen LogP contribution in [0.25, 0.3) is 0 Å². The Morgan fingerprint density at radius 3 is 2.37 bits per heavy atom. The van der Waals surface area contributed by atoms with Gasteiger partial charge in [-0.3, -0.25) is 4.79 Å². The van der Waals surface area contributed by atoms with Gasteiger partial charge in [0.05, 0.1) is 12.8 Å². The standard InChI is InChI=1S/C17H25FN3O2P.C3H4/c1-19-8-6-17(7-9-19)16(23)20(10-15(22)11-24)12-21(17)14-4-2-13(18)3-5-14;1-3-2/h2-5,15,22H,6-12,24H2,1H3;1-2H2. The van der Waals surface area contributed by atoms with Crippen LogP contribution >= 0.6 is 9.24 Å². The van der Waals surface area contributed by atoms with E-state index < -0.39 is 11.6 Å². The van der Waals surface area contributed by atoms with Crippen molar-refractivity contribution in [2.75, 3.05) is 44.4 Å². The highest BCUT2D eigenvalue weighted by atomic mass is 31.0. The van der Waals surface area contributed by atoms with Crippen LogP contribution in [0.5, 0.6) is 0 Å². The molecule has 0 saturated carbocycles. The number of β-amino-alcohol motifs (C(OH)–C–C–N with tert-alkyl or cyclic N) is 1. The summed E-state index contributed by atoms with van der Waals surface area (Å²) in [5.41, 5.74) is 2.53. The fourth-order valence-electron chi connectivity index (χ4n) is 3.67. The Morgan fingerprint density at radius 2 is 1.85 bits per heavy atom. The molecule has 2 saturated heterocycles. The highest BCUT2D eigenvalue weighted by Gasteiger charge is 2.53. The molecule has 1 N–H and O–H groups in total. The topological polar surface area (TPSA) is 47.0 Å². The molecule has 3 rings (SSSR count). The number of benzene rings is 1. The van der Waals surface area contributed by atoms with Gasteiger partial charge in [0, 0.05) is 25.3 Å². The molecule has 2 heterocycles. The first-order valence-electron chi connectivity index (χ1n) is 9.06. The van der Waals surface area contributed by atoms with Gasteiger partial charge in [0.2, 0.25) is 5.91 Å². The van der Waals surface area contributed by atoms with Gasteiger partial charge in [-0.05, 0) is 50.3 Å². The van der Waals surface area contributed by atoms with E-state index in [1.807, 2.05) is 0 Å². The summed E-state index contributed by atoms with van der Waals surface area (Å²) in [4.78, 5) is 19.2. The number of carbonyl (C=O) groups is 1. The molecule has 27 heavy (non-hydrogen) atoms. The quantitative estimate of drug-likeness (QED) is 0.629. The average Bonchev–Trinajstić information content (AvgIpc) is 2.91. The van der Waals surface area contributed by atoms with E-state index in [9.17, 15) is 14.3 Å². The van der Waals surface area contributed by atoms with E-state index in [0.29, 0.717) is 19.4 Å². The molecular formula is C20H29FN3O2P. The molecule has 0 bridgehead atoms. The molecule has 0 aromatic heterocycles. The number of likely N-dealkylation sites (tertiary alicyclic amines) is 1. The number of hydrogen-bond donors (Lipinski definition) is 1. The zero-order chi connectivity index (χ0) is 20.0. The monoisotopic (exact) mass is 393 g/mol. The van der Waals surface area contributed by atoms with Crippen molar-refractivity contribution in [1.29, 1.82) is 0 Å². The number of aliphatic hydroxyl groups excluding tert-OH is 1. The average molecular weight is 393 g/mol. The number of nitrogens with zero attached hydrogens (tertiary/aromatic N) is 3. The van der Waals surface area contributed by atoms with Crippen LogP contribution in [-0.2, 0) is 4.79 Å². The summed E-state index contributed by atoms with van der Waals surface area (Å²) >= 11 is 0. The maximum absolute atomic E-state index is 13.3. The Hall–Kier alpha value is -1.71. The van der Waals surface area contributed by atoms with Crippen molar-refractivity contribution < 1.29 is 14.3 Å². The predicted octanol–water partition coefficient (Wildman–Crippen LogP) is 2.09. The van der Waals surface area contributed by atoms with Gasteiger partial charge in [0.25, 0.3) is 0 Å². The summed E-state index contributed by atoms with van der Waals surface area (Å²) in [6.07, 6.45) is 1.48. The minimum Gasteiger partial charge on any atom is -0.391 e. The first-order chi connectivity index (χ1) is 12.9. The molecule has 7 heteroatoms. The molecule has 0 aliphatic carbocycles. The van der Waals surface area contributed by atoms with Crippen molar-refractivity contribution in [1.82, 2.24) is 9.80 Å². The van der Waals surface area contributed by atoms with E-state index in [2.05, 4.69) is 45.0 Å². The lowest BCUT2D eigenvalue weighted by atomic mass is 9.85. The Bertz CT molecular complexity index is 668. The zero-order valence-corrected chi connectivity index (χ0v) is 17.1. The van der Waals surface area contributed by atoms with Gasteiger partial charge in [-0.25, -0.2) is 4.39 Å².